The first-order chi connectivity index (χ1) is 11.2. The topological polar surface area (TPSA) is 72.0 Å². The lowest BCUT2D eigenvalue weighted by Gasteiger charge is -2.05. The number of carbonyl (C=O) groups excluding carboxylic acids is 1. The van der Waals surface area contributed by atoms with E-state index in [0.29, 0.717) is 16.5 Å². The van der Waals surface area contributed by atoms with Crippen LogP contribution in [0.15, 0.2) is 47.6 Å². The maximum Gasteiger partial charge on any atom is 0.259 e. The van der Waals surface area contributed by atoms with Gasteiger partial charge in [0.1, 0.15) is 0 Å². The molecule has 0 spiro atoms. The Hall–Kier alpha value is -2.73. The highest BCUT2D eigenvalue weighted by Gasteiger charge is 2.12. The molecule has 2 N–H and O–H groups in total. The molecule has 0 aromatic heterocycles. The van der Waals surface area contributed by atoms with Gasteiger partial charge in [-0.3, -0.25) is 4.79 Å². The molecule has 0 radical (unpaired) electrons. The molecule has 0 bridgehead atoms. The van der Waals surface area contributed by atoms with Crippen molar-refractivity contribution in [2.45, 2.75) is 0 Å². The third-order valence-electron chi connectivity index (χ3n) is 3.08. The summed E-state index contributed by atoms with van der Waals surface area (Å²) in [5, 5.41) is 7.48. The van der Waals surface area contributed by atoms with Crippen LogP contribution in [0.2, 0.25) is 5.02 Å². The Morgan fingerprint density at radius 1 is 1.22 bits per heavy atom. The average Bonchev–Trinajstić information content (AvgIpc) is 3.01. The molecule has 6 nitrogen and oxygen atoms in total. The molecule has 1 aliphatic heterocycles. The maximum atomic E-state index is 11.7. The zero-order valence-electron chi connectivity index (χ0n) is 12.1. The van der Waals surface area contributed by atoms with Crippen LogP contribution < -0.4 is 20.2 Å². The minimum atomic E-state index is -0.262. The lowest BCUT2D eigenvalue weighted by Crippen LogP contribution is -2.25. The van der Waals surface area contributed by atoms with Gasteiger partial charge in [0, 0.05) is 10.7 Å². The standard InChI is InChI=1S/C16H14ClN3O3/c17-12-2-1-3-13(7-12)18-9-16(21)20-19-8-11-4-5-14-15(6-11)23-10-22-14/h1-8,18H,9-10H2,(H,20,21)/b19-8-. The number of ether oxygens (including phenoxy) is 2. The number of hydrogen-bond acceptors (Lipinski definition) is 5. The van der Waals surface area contributed by atoms with Crippen LogP contribution >= 0.6 is 11.6 Å². The Bertz CT molecular complexity index is 749. The second kappa shape index (κ2) is 7.02. The van der Waals surface area contributed by atoms with Crippen LogP contribution in [0, 0.1) is 0 Å². The number of hydrazone groups is 1. The van der Waals surface area contributed by atoms with Gasteiger partial charge in [-0.2, -0.15) is 5.10 Å². The van der Waals surface area contributed by atoms with Crippen molar-refractivity contribution in [3.8, 4) is 11.5 Å². The third-order valence-corrected chi connectivity index (χ3v) is 3.31. The first-order valence-electron chi connectivity index (χ1n) is 6.92. The number of fused-ring (bicyclic) bond motifs is 1. The molecule has 1 amide bonds. The average molecular weight is 332 g/mol. The predicted molar refractivity (Wildman–Crippen MR) is 88.2 cm³/mol. The first kappa shape index (κ1) is 15.2. The van der Waals surface area contributed by atoms with E-state index in [-0.39, 0.29) is 19.2 Å². The highest BCUT2D eigenvalue weighted by Crippen LogP contribution is 2.31. The van der Waals surface area contributed by atoms with Gasteiger partial charge in [-0.15, -0.1) is 0 Å². The zero-order chi connectivity index (χ0) is 16.1. The fourth-order valence-electron chi connectivity index (χ4n) is 1.99. The fourth-order valence-corrected chi connectivity index (χ4v) is 2.18. The molecule has 0 aliphatic carbocycles. The molecule has 0 atom stereocenters. The summed E-state index contributed by atoms with van der Waals surface area (Å²) in [5.41, 5.74) is 4.02. The van der Waals surface area contributed by atoms with Crippen molar-refractivity contribution < 1.29 is 14.3 Å². The van der Waals surface area contributed by atoms with E-state index in [1.54, 1.807) is 36.5 Å². The van der Waals surface area contributed by atoms with E-state index in [9.17, 15) is 4.79 Å². The van der Waals surface area contributed by atoms with Crippen molar-refractivity contribution in [2.24, 2.45) is 5.10 Å². The summed E-state index contributed by atoms with van der Waals surface area (Å²) in [5.74, 6) is 1.11. The van der Waals surface area contributed by atoms with E-state index in [1.165, 1.54) is 0 Å². The van der Waals surface area contributed by atoms with Crippen LogP contribution in [-0.4, -0.2) is 25.5 Å². The summed E-state index contributed by atoms with van der Waals surface area (Å²) in [4.78, 5) is 11.7. The zero-order valence-corrected chi connectivity index (χ0v) is 12.8. The Balaban J connectivity index is 1.48. The number of nitrogens with one attached hydrogen (secondary N) is 2. The number of halogens is 1. The number of carbonyl (C=O) groups is 1. The molecule has 0 saturated heterocycles. The Labute approximate surface area is 138 Å². The Kier molecular flexibility index (Phi) is 4.63. The second-order valence-electron chi connectivity index (χ2n) is 4.77. The van der Waals surface area contributed by atoms with Crippen molar-refractivity contribution in [1.29, 1.82) is 0 Å². The van der Waals surface area contributed by atoms with Gasteiger partial charge < -0.3 is 14.8 Å². The van der Waals surface area contributed by atoms with E-state index < -0.39 is 0 Å². The molecular formula is C16H14ClN3O3. The van der Waals surface area contributed by atoms with Gasteiger partial charge in [-0.1, -0.05) is 17.7 Å². The van der Waals surface area contributed by atoms with Gasteiger partial charge in [0.2, 0.25) is 6.79 Å². The van der Waals surface area contributed by atoms with Crippen LogP contribution in [0.25, 0.3) is 0 Å². The van der Waals surface area contributed by atoms with Gasteiger partial charge in [0.05, 0.1) is 12.8 Å². The van der Waals surface area contributed by atoms with Crippen molar-refractivity contribution in [1.82, 2.24) is 5.43 Å². The lowest BCUT2D eigenvalue weighted by atomic mass is 10.2. The quantitative estimate of drug-likeness (QED) is 0.652. The summed E-state index contributed by atoms with van der Waals surface area (Å²) in [7, 11) is 0. The summed E-state index contributed by atoms with van der Waals surface area (Å²) in [6.07, 6.45) is 1.54. The van der Waals surface area contributed by atoms with E-state index in [2.05, 4.69) is 15.8 Å². The lowest BCUT2D eigenvalue weighted by molar-refractivity contribution is -0.119. The first-order valence-corrected chi connectivity index (χ1v) is 7.29. The molecule has 0 unspecified atom stereocenters. The largest absolute Gasteiger partial charge is 0.454 e. The van der Waals surface area contributed by atoms with Crippen molar-refractivity contribution in [2.75, 3.05) is 18.7 Å². The highest BCUT2D eigenvalue weighted by atomic mass is 35.5. The number of hydrogen-bond donors (Lipinski definition) is 2. The Morgan fingerprint density at radius 2 is 2.09 bits per heavy atom. The van der Waals surface area contributed by atoms with E-state index >= 15 is 0 Å². The van der Waals surface area contributed by atoms with E-state index in [1.807, 2.05) is 12.1 Å². The SMILES string of the molecule is O=C(CNc1cccc(Cl)c1)N/N=C\c1ccc2c(c1)OCO2. The van der Waals surface area contributed by atoms with E-state index in [0.717, 1.165) is 11.3 Å². The summed E-state index contributed by atoms with van der Waals surface area (Å²) in [6.45, 7) is 0.320. The van der Waals surface area contributed by atoms with Gasteiger partial charge >= 0.3 is 0 Å². The van der Waals surface area contributed by atoms with Crippen molar-refractivity contribution in [3.63, 3.8) is 0 Å². The summed E-state index contributed by atoms with van der Waals surface area (Å²) >= 11 is 5.87. The molecule has 1 heterocycles. The van der Waals surface area contributed by atoms with Gasteiger partial charge in [0.15, 0.2) is 11.5 Å². The molecule has 118 valence electrons. The molecule has 2 aromatic carbocycles. The molecule has 1 aliphatic rings. The van der Waals surface area contributed by atoms with Crippen LogP contribution in [0.3, 0.4) is 0 Å². The second-order valence-corrected chi connectivity index (χ2v) is 5.21. The third kappa shape index (κ3) is 4.14. The number of anilines is 1. The molecule has 7 heteroatoms. The Morgan fingerprint density at radius 3 is 2.96 bits per heavy atom. The molecule has 0 saturated carbocycles. The number of nitrogens with zero attached hydrogens (tertiary/aromatic N) is 1. The van der Waals surface area contributed by atoms with Gasteiger partial charge in [-0.05, 0) is 42.0 Å². The minimum Gasteiger partial charge on any atom is -0.454 e. The monoisotopic (exact) mass is 331 g/mol. The van der Waals surface area contributed by atoms with E-state index in [4.69, 9.17) is 21.1 Å². The predicted octanol–water partition coefficient (Wildman–Crippen LogP) is 2.63. The van der Waals surface area contributed by atoms with Crippen molar-refractivity contribution in [3.05, 3.63) is 53.1 Å². The van der Waals surface area contributed by atoms with Gasteiger partial charge in [0.25, 0.3) is 5.91 Å². The number of rotatable bonds is 5. The van der Waals surface area contributed by atoms with Crippen molar-refractivity contribution >= 4 is 29.4 Å². The van der Waals surface area contributed by atoms with Crippen LogP contribution in [-0.2, 0) is 4.79 Å². The van der Waals surface area contributed by atoms with Gasteiger partial charge in [-0.25, -0.2) is 5.43 Å². The van der Waals surface area contributed by atoms with Crippen LogP contribution in [0.1, 0.15) is 5.56 Å². The fraction of sp³-hybridized carbons (Fsp3) is 0.125. The van der Waals surface area contributed by atoms with Crippen LogP contribution in [0.4, 0.5) is 5.69 Å². The normalized spacial score (nSPS) is 12.4. The smallest absolute Gasteiger partial charge is 0.259 e. The molecular weight excluding hydrogens is 318 g/mol. The molecule has 2 aromatic rings. The number of amides is 1. The number of benzene rings is 2. The molecule has 23 heavy (non-hydrogen) atoms. The summed E-state index contributed by atoms with van der Waals surface area (Å²) < 4.78 is 10.5. The maximum absolute atomic E-state index is 11.7. The highest BCUT2D eigenvalue weighted by molar-refractivity contribution is 6.30. The minimum absolute atomic E-state index is 0.0961. The molecule has 0 fully saturated rings. The molecule has 3 rings (SSSR count). The van der Waals surface area contributed by atoms with Crippen LogP contribution in [0.5, 0.6) is 11.5 Å². The summed E-state index contributed by atoms with van der Waals surface area (Å²) in [6, 6.07) is 12.6.